The van der Waals surface area contributed by atoms with E-state index < -0.39 is 33.4 Å². The van der Waals surface area contributed by atoms with E-state index in [4.69, 9.17) is 0 Å². The largest absolute Gasteiger partial charge is 0.371 e. The fourth-order valence-corrected chi connectivity index (χ4v) is 4.69. The molecule has 1 heterocycles. The summed E-state index contributed by atoms with van der Waals surface area (Å²) < 4.78 is 38.0. The maximum atomic E-state index is 13.0. The number of anilines is 2. The van der Waals surface area contributed by atoms with Gasteiger partial charge in [-0.05, 0) is 42.3 Å². The third-order valence-electron chi connectivity index (χ3n) is 4.72. The van der Waals surface area contributed by atoms with Gasteiger partial charge < -0.3 is 16.0 Å². The van der Waals surface area contributed by atoms with Crippen LogP contribution >= 0.6 is 0 Å². The number of carbonyl (C=O) groups excluding carboxylic acids is 2. The van der Waals surface area contributed by atoms with Crippen LogP contribution in [0.25, 0.3) is 0 Å². The fraction of sp³-hybridized carbons (Fsp3) is 0.333. The molecule has 3 rings (SSSR count). The summed E-state index contributed by atoms with van der Waals surface area (Å²) in [6.45, 7) is 2.60. The van der Waals surface area contributed by atoms with Gasteiger partial charge in [0.15, 0.2) is 9.84 Å². The zero-order chi connectivity index (χ0) is 21.7. The molecule has 9 heteroatoms. The quantitative estimate of drug-likeness (QED) is 0.556. The molecule has 160 valence electrons. The molecular weight excluding hydrogens is 409 g/mol. The lowest BCUT2D eigenvalue weighted by Crippen LogP contribution is -2.43. The smallest absolute Gasteiger partial charge is 0.251 e. The maximum Gasteiger partial charge on any atom is 0.251 e. The van der Waals surface area contributed by atoms with Crippen molar-refractivity contribution in [1.82, 2.24) is 5.32 Å². The van der Waals surface area contributed by atoms with Gasteiger partial charge in [-0.2, -0.15) is 0 Å². The van der Waals surface area contributed by atoms with E-state index in [1.807, 2.05) is 6.92 Å². The predicted octanol–water partition coefficient (Wildman–Crippen LogP) is 2.70. The van der Waals surface area contributed by atoms with Gasteiger partial charge in [0.05, 0.1) is 22.9 Å². The Morgan fingerprint density at radius 2 is 1.87 bits per heavy atom. The number of hydrogen-bond donors (Lipinski definition) is 3. The maximum absolute atomic E-state index is 13.0. The molecule has 0 aliphatic carbocycles. The molecule has 0 spiro atoms. The lowest BCUT2D eigenvalue weighted by atomic mass is 10.1. The Bertz CT molecular complexity index is 1040. The Labute approximate surface area is 175 Å². The van der Waals surface area contributed by atoms with E-state index in [9.17, 15) is 22.4 Å². The van der Waals surface area contributed by atoms with Gasteiger partial charge in [-0.3, -0.25) is 9.59 Å². The molecule has 2 aromatic rings. The fourth-order valence-electron chi connectivity index (χ4n) is 3.13. The number of hydrogen-bond acceptors (Lipinski definition) is 5. The molecule has 2 amide bonds. The average molecular weight is 434 g/mol. The summed E-state index contributed by atoms with van der Waals surface area (Å²) in [6.07, 6.45) is 1.85. The molecule has 1 atom stereocenters. The highest BCUT2D eigenvalue weighted by Gasteiger charge is 2.30. The number of sulfone groups is 1. The average Bonchev–Trinajstić information content (AvgIpc) is 2.69. The van der Waals surface area contributed by atoms with Crippen molar-refractivity contribution in [1.29, 1.82) is 0 Å². The highest BCUT2D eigenvalue weighted by atomic mass is 32.2. The first-order valence-corrected chi connectivity index (χ1v) is 11.5. The monoisotopic (exact) mass is 433 g/mol. The van der Waals surface area contributed by atoms with Gasteiger partial charge in [-0.25, -0.2) is 12.8 Å². The summed E-state index contributed by atoms with van der Waals surface area (Å²) in [5, 5.41) is 8.41. The number of carbonyl (C=O) groups is 2. The zero-order valence-electron chi connectivity index (χ0n) is 16.6. The van der Waals surface area contributed by atoms with Gasteiger partial charge in [0.25, 0.3) is 5.91 Å². The van der Waals surface area contributed by atoms with Crippen LogP contribution < -0.4 is 16.0 Å². The molecular formula is C21H24FN3O4S. The first-order valence-electron chi connectivity index (χ1n) is 9.72. The van der Waals surface area contributed by atoms with Crippen molar-refractivity contribution in [2.24, 2.45) is 0 Å². The Morgan fingerprint density at radius 3 is 2.57 bits per heavy atom. The highest BCUT2D eigenvalue weighted by Crippen LogP contribution is 2.28. The second-order valence-corrected chi connectivity index (χ2v) is 9.35. The summed E-state index contributed by atoms with van der Waals surface area (Å²) in [6, 6.07) is 9.06. The van der Waals surface area contributed by atoms with Gasteiger partial charge in [0, 0.05) is 12.1 Å². The van der Waals surface area contributed by atoms with Gasteiger partial charge in [-0.15, -0.1) is 0 Å². The van der Waals surface area contributed by atoms with E-state index in [0.717, 1.165) is 12.8 Å². The van der Waals surface area contributed by atoms with E-state index in [1.165, 1.54) is 24.3 Å². The van der Waals surface area contributed by atoms with Crippen molar-refractivity contribution < 1.29 is 22.4 Å². The van der Waals surface area contributed by atoms with Crippen molar-refractivity contribution in [3.63, 3.8) is 0 Å². The molecule has 30 heavy (non-hydrogen) atoms. The van der Waals surface area contributed by atoms with Crippen LogP contribution in [0.4, 0.5) is 15.8 Å². The van der Waals surface area contributed by atoms with Crippen molar-refractivity contribution in [2.75, 3.05) is 22.9 Å². The number of benzene rings is 2. The minimum Gasteiger partial charge on any atom is -0.371 e. The Kier molecular flexibility index (Phi) is 6.71. The minimum atomic E-state index is -3.63. The number of fused-ring (bicyclic) bond motifs is 1. The molecule has 1 aliphatic rings. The van der Waals surface area contributed by atoms with Crippen LogP contribution in [-0.2, 0) is 20.4 Å². The lowest BCUT2D eigenvalue weighted by Gasteiger charge is -2.27. The molecule has 1 aliphatic heterocycles. The predicted molar refractivity (Wildman–Crippen MR) is 114 cm³/mol. The SMILES string of the molecule is CCCCNC(=O)c1ccc2c(c1)NC(=O)[C@H](CS(=O)(=O)Cc1ccc(F)cc1)N2. The van der Waals surface area contributed by atoms with Gasteiger partial charge in [-0.1, -0.05) is 25.5 Å². The minimum absolute atomic E-state index is 0.232. The van der Waals surface area contributed by atoms with Crippen LogP contribution in [0.3, 0.4) is 0 Å². The molecule has 0 saturated heterocycles. The second kappa shape index (κ2) is 9.25. The summed E-state index contributed by atoms with van der Waals surface area (Å²) in [7, 11) is -3.63. The summed E-state index contributed by atoms with van der Waals surface area (Å²) >= 11 is 0. The van der Waals surface area contributed by atoms with Crippen LogP contribution in [0, 0.1) is 5.82 Å². The first-order chi connectivity index (χ1) is 14.3. The summed E-state index contributed by atoms with van der Waals surface area (Å²) in [5.74, 6) is -1.87. The summed E-state index contributed by atoms with van der Waals surface area (Å²) in [4.78, 5) is 24.6. The normalized spacial score (nSPS) is 15.7. The lowest BCUT2D eigenvalue weighted by molar-refractivity contribution is -0.116. The highest BCUT2D eigenvalue weighted by molar-refractivity contribution is 7.90. The van der Waals surface area contributed by atoms with E-state index in [-0.39, 0.29) is 11.7 Å². The molecule has 0 saturated carbocycles. The van der Waals surface area contributed by atoms with E-state index in [1.54, 1.807) is 18.2 Å². The topological polar surface area (TPSA) is 104 Å². The summed E-state index contributed by atoms with van der Waals surface area (Å²) in [5.41, 5.74) is 1.83. The second-order valence-electron chi connectivity index (χ2n) is 7.24. The van der Waals surface area contributed by atoms with Crippen LogP contribution in [0.5, 0.6) is 0 Å². The number of halogens is 1. The van der Waals surface area contributed by atoms with Gasteiger partial charge in [0.2, 0.25) is 5.91 Å². The van der Waals surface area contributed by atoms with Crippen molar-refractivity contribution >= 4 is 33.0 Å². The van der Waals surface area contributed by atoms with Crippen molar-refractivity contribution in [3.8, 4) is 0 Å². The van der Waals surface area contributed by atoms with Gasteiger partial charge in [0.1, 0.15) is 11.9 Å². The van der Waals surface area contributed by atoms with Gasteiger partial charge >= 0.3 is 0 Å². The van der Waals surface area contributed by atoms with Crippen LogP contribution in [-0.4, -0.2) is 38.6 Å². The van der Waals surface area contributed by atoms with E-state index in [2.05, 4.69) is 16.0 Å². The van der Waals surface area contributed by atoms with Crippen molar-refractivity contribution in [3.05, 3.63) is 59.4 Å². The van der Waals surface area contributed by atoms with Crippen LogP contribution in [0.1, 0.15) is 35.7 Å². The Morgan fingerprint density at radius 1 is 1.13 bits per heavy atom. The Hall–Kier alpha value is -2.94. The zero-order valence-corrected chi connectivity index (χ0v) is 17.4. The third kappa shape index (κ3) is 5.56. The van der Waals surface area contributed by atoms with E-state index >= 15 is 0 Å². The first kappa shape index (κ1) is 21.8. The third-order valence-corrected chi connectivity index (χ3v) is 6.34. The molecule has 7 nitrogen and oxygen atoms in total. The van der Waals surface area contributed by atoms with Crippen molar-refractivity contribution in [2.45, 2.75) is 31.6 Å². The molecule has 2 aromatic carbocycles. The number of unbranched alkanes of at least 4 members (excludes halogenated alkanes) is 1. The molecule has 3 N–H and O–H groups in total. The number of rotatable bonds is 8. The Balaban J connectivity index is 1.67. The standard InChI is InChI=1S/C21H24FN3O4S/c1-2-3-10-23-20(26)15-6-9-17-18(11-15)25-21(27)19(24-17)13-30(28,29)12-14-4-7-16(22)8-5-14/h4-9,11,19,24H,2-3,10,12-13H2,1H3,(H,23,26)(H,25,27)/t19-/m0/s1. The van der Waals surface area contributed by atoms with Crippen LogP contribution in [0.15, 0.2) is 42.5 Å². The number of amides is 2. The molecule has 0 aromatic heterocycles. The van der Waals surface area contributed by atoms with E-state index in [0.29, 0.717) is 29.0 Å². The molecule has 0 radical (unpaired) electrons. The molecule has 0 unspecified atom stereocenters. The van der Waals surface area contributed by atoms with Crippen LogP contribution in [0.2, 0.25) is 0 Å². The molecule has 0 fully saturated rings. The number of nitrogens with one attached hydrogen (secondary N) is 3. The molecule has 0 bridgehead atoms.